The normalized spacial score (nSPS) is 15.8. The molecule has 0 radical (unpaired) electrons. The Labute approximate surface area is 129 Å². The van der Waals surface area contributed by atoms with E-state index in [1.54, 1.807) is 24.4 Å². The highest BCUT2D eigenvalue weighted by molar-refractivity contribution is 5.94. The molecule has 1 aromatic carbocycles. The quantitative estimate of drug-likeness (QED) is 0.846. The number of piperidine rings is 1. The molecular weight excluding hydrogens is 279 g/mol. The lowest BCUT2D eigenvalue weighted by Crippen LogP contribution is -2.37. The third-order valence-electron chi connectivity index (χ3n) is 4.22. The van der Waals surface area contributed by atoms with Crippen molar-refractivity contribution in [1.29, 1.82) is 0 Å². The number of pyridine rings is 1. The molecule has 114 valence electrons. The molecule has 1 aliphatic heterocycles. The number of aromatic nitrogens is 1. The first-order valence-electron chi connectivity index (χ1n) is 7.65. The minimum absolute atomic E-state index is 0.0463. The number of carbonyl (C=O) groups is 1. The Morgan fingerprint density at radius 2 is 1.82 bits per heavy atom. The molecule has 0 unspecified atom stereocenters. The van der Waals surface area contributed by atoms with Crippen LogP contribution in [0.4, 0.5) is 4.39 Å². The fourth-order valence-corrected chi connectivity index (χ4v) is 2.71. The number of carbonyl (C=O) groups excluding carboxylic acids is 1. The minimum Gasteiger partial charge on any atom is -0.339 e. The van der Waals surface area contributed by atoms with E-state index in [0.717, 1.165) is 37.2 Å². The molecule has 22 heavy (non-hydrogen) atoms. The fraction of sp³-hybridized carbons (Fsp3) is 0.333. The van der Waals surface area contributed by atoms with Crippen molar-refractivity contribution in [3.05, 3.63) is 54.0 Å². The van der Waals surface area contributed by atoms with Crippen LogP contribution in [0.5, 0.6) is 0 Å². The van der Waals surface area contributed by atoms with Gasteiger partial charge in [0.15, 0.2) is 0 Å². The Morgan fingerprint density at radius 1 is 1.14 bits per heavy atom. The van der Waals surface area contributed by atoms with Gasteiger partial charge in [-0.2, -0.15) is 0 Å². The van der Waals surface area contributed by atoms with Gasteiger partial charge in [0.25, 0.3) is 5.91 Å². The van der Waals surface area contributed by atoms with Crippen molar-refractivity contribution < 1.29 is 9.18 Å². The maximum absolute atomic E-state index is 12.9. The van der Waals surface area contributed by atoms with Crippen LogP contribution >= 0.6 is 0 Å². The van der Waals surface area contributed by atoms with E-state index in [4.69, 9.17) is 0 Å². The summed E-state index contributed by atoms with van der Waals surface area (Å²) in [6, 6.07) is 9.80. The Balaban J connectivity index is 1.73. The van der Waals surface area contributed by atoms with Crippen LogP contribution in [0.15, 0.2) is 42.6 Å². The first kappa shape index (κ1) is 14.7. The zero-order valence-corrected chi connectivity index (χ0v) is 12.6. The highest BCUT2D eigenvalue weighted by Gasteiger charge is 2.21. The summed E-state index contributed by atoms with van der Waals surface area (Å²) in [5.41, 5.74) is 2.19. The maximum atomic E-state index is 12.9. The van der Waals surface area contributed by atoms with E-state index in [-0.39, 0.29) is 11.7 Å². The predicted octanol–water partition coefficient (Wildman–Crippen LogP) is 3.76. The van der Waals surface area contributed by atoms with Crippen LogP contribution in [0.1, 0.15) is 30.1 Å². The van der Waals surface area contributed by atoms with Crippen LogP contribution in [0.3, 0.4) is 0 Å². The maximum Gasteiger partial charge on any atom is 0.255 e. The molecule has 0 saturated carbocycles. The van der Waals surface area contributed by atoms with Crippen molar-refractivity contribution in [2.45, 2.75) is 19.8 Å². The molecule has 0 N–H and O–H groups in total. The van der Waals surface area contributed by atoms with Crippen molar-refractivity contribution in [2.75, 3.05) is 13.1 Å². The zero-order valence-electron chi connectivity index (χ0n) is 12.6. The van der Waals surface area contributed by atoms with Crippen molar-refractivity contribution in [2.24, 2.45) is 5.92 Å². The second kappa shape index (κ2) is 6.26. The van der Waals surface area contributed by atoms with Crippen LogP contribution < -0.4 is 0 Å². The molecule has 4 heteroatoms. The monoisotopic (exact) mass is 298 g/mol. The van der Waals surface area contributed by atoms with Crippen molar-refractivity contribution in [3.63, 3.8) is 0 Å². The number of hydrogen-bond acceptors (Lipinski definition) is 2. The highest BCUT2D eigenvalue weighted by Crippen LogP contribution is 2.20. The van der Waals surface area contributed by atoms with E-state index in [9.17, 15) is 9.18 Å². The molecule has 1 fully saturated rings. The molecular formula is C18H19FN2O. The van der Waals surface area contributed by atoms with Crippen LogP contribution in [0.2, 0.25) is 0 Å². The summed E-state index contributed by atoms with van der Waals surface area (Å²) in [5, 5.41) is 0. The summed E-state index contributed by atoms with van der Waals surface area (Å²) in [7, 11) is 0. The third kappa shape index (κ3) is 3.16. The van der Waals surface area contributed by atoms with Gasteiger partial charge in [0.2, 0.25) is 0 Å². The number of rotatable bonds is 2. The van der Waals surface area contributed by atoms with Gasteiger partial charge in [-0.3, -0.25) is 9.78 Å². The number of likely N-dealkylation sites (tertiary alicyclic amines) is 1. The molecule has 2 aromatic rings. The number of nitrogens with zero attached hydrogens (tertiary/aromatic N) is 2. The van der Waals surface area contributed by atoms with Gasteiger partial charge >= 0.3 is 0 Å². The summed E-state index contributed by atoms with van der Waals surface area (Å²) < 4.78 is 12.9. The van der Waals surface area contributed by atoms with E-state index >= 15 is 0 Å². The molecule has 1 amide bonds. The Hall–Kier alpha value is -2.23. The van der Waals surface area contributed by atoms with Gasteiger partial charge in [-0.15, -0.1) is 0 Å². The summed E-state index contributed by atoms with van der Waals surface area (Å²) >= 11 is 0. The van der Waals surface area contributed by atoms with Crippen molar-refractivity contribution in [1.82, 2.24) is 9.88 Å². The molecule has 1 saturated heterocycles. The molecule has 3 nitrogen and oxygen atoms in total. The summed E-state index contributed by atoms with van der Waals surface area (Å²) in [5.74, 6) is 0.475. The van der Waals surface area contributed by atoms with E-state index in [2.05, 4.69) is 11.9 Å². The zero-order chi connectivity index (χ0) is 15.5. The molecule has 1 aliphatic rings. The summed E-state index contributed by atoms with van der Waals surface area (Å²) in [6.45, 7) is 3.86. The standard InChI is InChI=1S/C18H19FN2O/c1-13-8-10-21(11-9-13)18(22)15-4-7-17(20-12-15)14-2-5-16(19)6-3-14/h2-7,12-13H,8-11H2,1H3. The average molecular weight is 298 g/mol. The van der Waals surface area contributed by atoms with E-state index in [0.29, 0.717) is 11.5 Å². The van der Waals surface area contributed by atoms with E-state index < -0.39 is 0 Å². The first-order valence-corrected chi connectivity index (χ1v) is 7.65. The van der Waals surface area contributed by atoms with Crippen molar-refractivity contribution >= 4 is 5.91 Å². The lowest BCUT2D eigenvalue weighted by atomic mass is 9.99. The summed E-state index contributed by atoms with van der Waals surface area (Å²) in [4.78, 5) is 18.7. The van der Waals surface area contributed by atoms with Gasteiger partial charge in [-0.25, -0.2) is 4.39 Å². The van der Waals surface area contributed by atoms with Crippen LogP contribution in [-0.4, -0.2) is 28.9 Å². The molecule has 0 spiro atoms. The van der Waals surface area contributed by atoms with Gasteiger partial charge in [-0.05, 0) is 55.2 Å². The lowest BCUT2D eigenvalue weighted by molar-refractivity contribution is 0.0697. The number of hydrogen-bond donors (Lipinski definition) is 0. The number of amides is 1. The lowest BCUT2D eigenvalue weighted by Gasteiger charge is -2.30. The Kier molecular flexibility index (Phi) is 4.18. The minimum atomic E-state index is -0.269. The third-order valence-corrected chi connectivity index (χ3v) is 4.22. The highest BCUT2D eigenvalue weighted by atomic mass is 19.1. The second-order valence-electron chi connectivity index (χ2n) is 5.91. The van der Waals surface area contributed by atoms with Gasteiger partial charge in [0.05, 0.1) is 11.3 Å². The molecule has 0 aliphatic carbocycles. The predicted molar refractivity (Wildman–Crippen MR) is 83.9 cm³/mol. The molecule has 0 atom stereocenters. The van der Waals surface area contributed by atoms with Crippen LogP contribution in [0, 0.1) is 11.7 Å². The second-order valence-corrected chi connectivity index (χ2v) is 5.91. The Bertz CT molecular complexity index is 644. The van der Waals surface area contributed by atoms with Crippen LogP contribution in [0.25, 0.3) is 11.3 Å². The van der Waals surface area contributed by atoms with Gasteiger partial charge in [0.1, 0.15) is 5.82 Å². The fourth-order valence-electron chi connectivity index (χ4n) is 2.71. The largest absolute Gasteiger partial charge is 0.339 e. The molecule has 0 bridgehead atoms. The van der Waals surface area contributed by atoms with E-state index in [1.807, 2.05) is 11.0 Å². The number of halogens is 1. The topological polar surface area (TPSA) is 33.2 Å². The summed E-state index contributed by atoms with van der Waals surface area (Å²) in [6.07, 6.45) is 3.73. The van der Waals surface area contributed by atoms with Crippen molar-refractivity contribution in [3.8, 4) is 11.3 Å². The number of benzene rings is 1. The first-order chi connectivity index (χ1) is 10.6. The Morgan fingerprint density at radius 3 is 2.41 bits per heavy atom. The average Bonchev–Trinajstić information content (AvgIpc) is 2.56. The molecule has 3 rings (SSSR count). The molecule has 1 aromatic heterocycles. The van der Waals surface area contributed by atoms with Gasteiger partial charge in [-0.1, -0.05) is 6.92 Å². The van der Waals surface area contributed by atoms with E-state index in [1.165, 1.54) is 12.1 Å². The molecule has 2 heterocycles. The smallest absolute Gasteiger partial charge is 0.255 e. The van der Waals surface area contributed by atoms with Gasteiger partial charge < -0.3 is 4.90 Å². The SMILES string of the molecule is CC1CCN(C(=O)c2ccc(-c3ccc(F)cc3)nc2)CC1. The van der Waals surface area contributed by atoms with Gasteiger partial charge in [0, 0.05) is 24.8 Å². The van der Waals surface area contributed by atoms with Crippen LogP contribution in [-0.2, 0) is 0 Å².